The second-order valence-electron chi connectivity index (χ2n) is 29.1. The highest BCUT2D eigenvalue weighted by atomic mass is 15.2. The third kappa shape index (κ3) is 9.48. The van der Waals surface area contributed by atoms with Crippen LogP contribution in [0.1, 0.15) is 84.6 Å². The first kappa shape index (κ1) is 55.6. The van der Waals surface area contributed by atoms with E-state index in [1.165, 1.54) is 54.9 Å². The van der Waals surface area contributed by atoms with Crippen LogP contribution in [0.3, 0.4) is 0 Å². The molecule has 2 aromatic heterocycles. The Bertz CT molecular complexity index is 5210. The molecule has 4 nitrogen and oxygen atoms in total. The largest absolute Gasteiger partial charge is 0.310 e. The molecule has 0 unspecified atom stereocenters. The number of aryl methyl sites for hydroxylation is 5. The van der Waals surface area contributed by atoms with Crippen molar-refractivity contribution < 1.29 is 4.11 Å². The average Bonchev–Trinajstić information content (AvgIpc) is 1.16. The van der Waals surface area contributed by atoms with E-state index in [0.717, 1.165) is 128 Å². The molecule has 0 radical (unpaired) electrons. The molecule has 0 bridgehead atoms. The van der Waals surface area contributed by atoms with Gasteiger partial charge in [0.15, 0.2) is 0 Å². The summed E-state index contributed by atoms with van der Waals surface area (Å²) in [5.74, 6) is 0. The number of rotatable bonds is 8. The molecular weight excluding hydrogens is 1160 g/mol. The van der Waals surface area contributed by atoms with Crippen molar-refractivity contribution in [3.05, 3.63) is 306 Å². The van der Waals surface area contributed by atoms with Crippen molar-refractivity contribution >= 4 is 101 Å². The lowest BCUT2D eigenvalue weighted by Crippen LogP contribution is -2.61. The maximum Gasteiger partial charge on any atom is 0.252 e. The van der Waals surface area contributed by atoms with Crippen LogP contribution in [0, 0.1) is 34.5 Å². The summed E-state index contributed by atoms with van der Waals surface area (Å²) in [6, 6.07) is 98.5. The lowest BCUT2D eigenvalue weighted by molar-refractivity contribution is 0.590. The first-order chi connectivity index (χ1) is 47.6. The molecule has 2 aliphatic rings. The molecule has 4 heterocycles. The summed E-state index contributed by atoms with van der Waals surface area (Å²) in [4.78, 5) is 4.97. The van der Waals surface area contributed by atoms with Crippen molar-refractivity contribution in [3.63, 3.8) is 0 Å². The van der Waals surface area contributed by atoms with Gasteiger partial charge in [-0.25, -0.2) is 0 Å². The van der Waals surface area contributed by atoms with E-state index in [-0.39, 0.29) is 16.4 Å². The molecule has 96 heavy (non-hydrogen) atoms. The van der Waals surface area contributed by atoms with Gasteiger partial charge in [-0.05, 0) is 210 Å². The van der Waals surface area contributed by atoms with Gasteiger partial charge >= 0.3 is 0 Å². The Hall–Kier alpha value is -10.9. The van der Waals surface area contributed by atoms with Crippen LogP contribution in [0.4, 0.5) is 34.1 Å². The first-order valence-corrected chi connectivity index (χ1v) is 33.8. The van der Waals surface area contributed by atoms with Gasteiger partial charge in [0.05, 0.1) is 33.4 Å². The Morgan fingerprint density at radius 1 is 0.302 bits per heavy atom. The van der Waals surface area contributed by atoms with E-state index in [2.05, 4.69) is 343 Å². The number of hydrogen-bond donors (Lipinski definition) is 0. The van der Waals surface area contributed by atoms with Crippen molar-refractivity contribution in [3.8, 4) is 55.9 Å². The summed E-state index contributed by atoms with van der Waals surface area (Å²) >= 11 is 0. The Kier molecular flexibility index (Phi) is 12.8. The molecule has 464 valence electrons. The second kappa shape index (κ2) is 22.1. The lowest BCUT2D eigenvalue weighted by atomic mass is 9.33. The van der Waals surface area contributed by atoms with Crippen molar-refractivity contribution in [2.45, 2.75) is 86.9 Å². The number of anilines is 6. The van der Waals surface area contributed by atoms with Crippen molar-refractivity contribution in [1.82, 2.24) is 9.13 Å². The van der Waals surface area contributed by atoms with Crippen LogP contribution in [0.15, 0.2) is 267 Å². The standard InChI is InChI=1S/C91H77BN4/c1-56-32-40-79-73(44-56)74-45-57(2)33-41-80(74)93(79)67-36-38-77-83(54-67)95(88-69(61-24-16-12-17-25-61)50-65(90(6,7)8)51-70(88)62-26-18-13-19-27-62)85-48-60(5)49-86-87(85)92(77)78-39-37-68(94-81-42-34-58(3)46-75(81)76-47-59(4)35-43-82(76)94)55-84(78)96(86)89-71(63-28-20-14-21-29-63)52-66(91(9,10)11)53-72(89)64-30-22-15-23-31-64/h12-55H,1-11H3/i5D3. The quantitative estimate of drug-likeness (QED) is 0.141. The maximum absolute atomic E-state index is 9.88. The highest BCUT2D eigenvalue weighted by Gasteiger charge is 2.46. The summed E-state index contributed by atoms with van der Waals surface area (Å²) in [7, 11) is 0. The third-order valence-corrected chi connectivity index (χ3v) is 20.4. The number of benzene rings is 13. The van der Waals surface area contributed by atoms with Gasteiger partial charge < -0.3 is 18.9 Å². The summed E-state index contributed by atoms with van der Waals surface area (Å²) < 4.78 is 34.5. The summed E-state index contributed by atoms with van der Waals surface area (Å²) in [6.45, 7) is 19.5. The van der Waals surface area contributed by atoms with E-state index in [4.69, 9.17) is 0 Å². The van der Waals surface area contributed by atoms with Crippen LogP contribution in [0.25, 0.3) is 99.5 Å². The molecule has 0 N–H and O–H groups in total. The van der Waals surface area contributed by atoms with E-state index >= 15 is 0 Å². The topological polar surface area (TPSA) is 16.3 Å². The van der Waals surface area contributed by atoms with E-state index in [9.17, 15) is 4.11 Å². The fraction of sp³-hybridized carbons (Fsp3) is 0.143. The third-order valence-electron chi connectivity index (χ3n) is 20.4. The zero-order valence-electron chi connectivity index (χ0n) is 59.3. The van der Waals surface area contributed by atoms with Crippen LogP contribution in [-0.4, -0.2) is 15.8 Å². The maximum atomic E-state index is 9.88. The van der Waals surface area contributed by atoms with Gasteiger partial charge in [0.2, 0.25) is 0 Å². The van der Waals surface area contributed by atoms with Gasteiger partial charge in [0.25, 0.3) is 6.71 Å². The van der Waals surface area contributed by atoms with Gasteiger partial charge in [-0.1, -0.05) is 222 Å². The van der Waals surface area contributed by atoms with E-state index in [0.29, 0.717) is 0 Å². The van der Waals surface area contributed by atoms with E-state index in [1.807, 2.05) is 12.1 Å². The predicted molar refractivity (Wildman–Crippen MR) is 412 cm³/mol. The normalized spacial score (nSPS) is 13.5. The molecule has 5 heteroatoms. The molecule has 0 atom stereocenters. The molecule has 0 fully saturated rings. The smallest absolute Gasteiger partial charge is 0.252 e. The first-order valence-electron chi connectivity index (χ1n) is 35.3. The zero-order chi connectivity index (χ0) is 68.1. The van der Waals surface area contributed by atoms with Crippen LogP contribution < -0.4 is 26.2 Å². The predicted octanol–water partition coefficient (Wildman–Crippen LogP) is 22.8. The van der Waals surface area contributed by atoms with Crippen molar-refractivity contribution in [1.29, 1.82) is 0 Å². The Balaban J connectivity index is 1.07. The molecule has 15 aromatic rings. The number of nitrogens with zero attached hydrogens (tertiary/aromatic N) is 4. The Morgan fingerprint density at radius 3 is 0.885 bits per heavy atom. The molecule has 2 aliphatic heterocycles. The number of fused-ring (bicyclic) bond motifs is 10. The average molecular weight is 1240 g/mol. The van der Waals surface area contributed by atoms with E-state index in [1.54, 1.807) is 0 Å². The highest BCUT2D eigenvalue weighted by Crippen LogP contribution is 2.55. The minimum absolute atomic E-state index is 0.244. The van der Waals surface area contributed by atoms with Gasteiger partial charge in [-0.3, -0.25) is 0 Å². The van der Waals surface area contributed by atoms with Crippen molar-refractivity contribution in [2.75, 3.05) is 9.80 Å². The molecule has 0 saturated heterocycles. The highest BCUT2D eigenvalue weighted by molar-refractivity contribution is 7.00. The Labute approximate surface area is 569 Å². The molecular formula is C91H77BN4. The monoisotopic (exact) mass is 1240 g/mol. The zero-order valence-corrected chi connectivity index (χ0v) is 56.3. The van der Waals surface area contributed by atoms with E-state index < -0.39 is 13.6 Å². The summed E-state index contributed by atoms with van der Waals surface area (Å²) in [5.41, 5.74) is 30.4. The molecule has 17 rings (SSSR count). The second-order valence-corrected chi connectivity index (χ2v) is 29.1. The van der Waals surface area contributed by atoms with Crippen LogP contribution in [-0.2, 0) is 10.8 Å². The molecule has 0 spiro atoms. The fourth-order valence-electron chi connectivity index (χ4n) is 15.8. The van der Waals surface area contributed by atoms with Crippen LogP contribution in [0.5, 0.6) is 0 Å². The van der Waals surface area contributed by atoms with Gasteiger partial charge in [-0.15, -0.1) is 0 Å². The minimum Gasteiger partial charge on any atom is -0.310 e. The van der Waals surface area contributed by atoms with Crippen LogP contribution >= 0.6 is 0 Å². The number of hydrogen-bond acceptors (Lipinski definition) is 2. The molecule has 0 amide bonds. The summed E-state index contributed by atoms with van der Waals surface area (Å²) in [5, 5.41) is 4.79. The molecule has 0 aliphatic carbocycles. The Morgan fingerprint density at radius 2 is 0.604 bits per heavy atom. The SMILES string of the molecule is [2H]C([2H])([2H])c1cc2c3c(c1)N(c1c(-c4ccccc4)cc(C(C)(C)C)cc1-c1ccccc1)c1cc(-n4c5ccc(C)cc5c5cc(C)ccc54)ccc1B3c1ccc(-n3c4ccc(C)cc4c4cc(C)ccc43)cc1N2c1c(-c2ccccc2)cc(C(C)(C)C)cc1-c1ccccc1. The van der Waals surface area contributed by atoms with Gasteiger partial charge in [0.1, 0.15) is 0 Å². The molecule has 13 aromatic carbocycles. The molecule has 0 saturated carbocycles. The fourth-order valence-corrected chi connectivity index (χ4v) is 15.8. The van der Waals surface area contributed by atoms with Gasteiger partial charge in [-0.2, -0.15) is 0 Å². The minimum atomic E-state index is -2.57. The van der Waals surface area contributed by atoms with Gasteiger partial charge in [0, 0.05) is 82.0 Å². The number of aromatic nitrogens is 2. The summed E-state index contributed by atoms with van der Waals surface area (Å²) in [6.07, 6.45) is 0. The van der Waals surface area contributed by atoms with Crippen LogP contribution in [0.2, 0.25) is 0 Å². The lowest BCUT2D eigenvalue weighted by Gasteiger charge is -2.46. The van der Waals surface area contributed by atoms with Crippen molar-refractivity contribution in [2.24, 2.45) is 0 Å².